The molecule has 1 saturated carbocycles. The van der Waals surface area contributed by atoms with Gasteiger partial charge in [-0.15, -0.1) is 11.8 Å². The molecule has 0 radical (unpaired) electrons. The van der Waals surface area contributed by atoms with E-state index in [4.69, 9.17) is 0 Å². The summed E-state index contributed by atoms with van der Waals surface area (Å²) >= 11 is 1.60. The highest BCUT2D eigenvalue weighted by molar-refractivity contribution is 7.98. The Morgan fingerprint density at radius 1 is 1.37 bits per heavy atom. The van der Waals surface area contributed by atoms with Crippen LogP contribution in [0.15, 0.2) is 23.1 Å². The van der Waals surface area contributed by atoms with Crippen LogP contribution in [-0.4, -0.2) is 25.1 Å². The number of carbonyl (C=O) groups excluding carboxylic acids is 1. The van der Waals surface area contributed by atoms with E-state index >= 15 is 0 Å². The number of anilines is 1. The Bertz CT molecular complexity index is 511. The molecule has 1 aromatic carbocycles. The molecule has 1 aliphatic rings. The van der Waals surface area contributed by atoms with E-state index in [-0.39, 0.29) is 0 Å². The number of benzene rings is 1. The summed E-state index contributed by atoms with van der Waals surface area (Å²) in [5.41, 5.74) is 1.73. The van der Waals surface area contributed by atoms with E-state index in [1.54, 1.807) is 11.8 Å². The van der Waals surface area contributed by atoms with Crippen molar-refractivity contribution in [3.63, 3.8) is 0 Å². The van der Waals surface area contributed by atoms with Gasteiger partial charge >= 0.3 is 0 Å². The van der Waals surface area contributed by atoms with Gasteiger partial charge in [0.2, 0.25) is 0 Å². The standard InChI is InChI=1S/C15H18N2OS/c1-17(11-6-8-12(18)9-7-11)14-4-3-5-15(19-2)13(14)10-16/h3-5,11H,6-9H2,1-2H3. The second-order valence-electron chi connectivity index (χ2n) is 4.85. The lowest BCUT2D eigenvalue weighted by atomic mass is 9.93. The van der Waals surface area contributed by atoms with Crippen molar-refractivity contribution in [2.75, 3.05) is 18.2 Å². The average Bonchev–Trinajstić information content (AvgIpc) is 2.46. The van der Waals surface area contributed by atoms with E-state index in [0.717, 1.165) is 29.0 Å². The Morgan fingerprint density at radius 2 is 2.05 bits per heavy atom. The highest BCUT2D eigenvalue weighted by Crippen LogP contribution is 2.32. The summed E-state index contributed by atoms with van der Waals surface area (Å²) in [6, 6.07) is 8.64. The molecule has 0 atom stereocenters. The first-order chi connectivity index (χ1) is 9.17. The molecule has 0 amide bonds. The summed E-state index contributed by atoms with van der Waals surface area (Å²) in [5.74, 6) is 0.364. The fourth-order valence-corrected chi connectivity index (χ4v) is 3.17. The third-order valence-electron chi connectivity index (χ3n) is 3.78. The van der Waals surface area contributed by atoms with E-state index < -0.39 is 0 Å². The number of nitriles is 1. The lowest BCUT2D eigenvalue weighted by Crippen LogP contribution is -2.35. The second kappa shape index (κ2) is 6.12. The van der Waals surface area contributed by atoms with Gasteiger partial charge in [-0.1, -0.05) is 6.07 Å². The molecule has 19 heavy (non-hydrogen) atoms. The van der Waals surface area contributed by atoms with Gasteiger partial charge in [0.05, 0.1) is 11.3 Å². The van der Waals surface area contributed by atoms with Gasteiger partial charge in [0.1, 0.15) is 11.9 Å². The van der Waals surface area contributed by atoms with Crippen LogP contribution >= 0.6 is 11.8 Å². The number of ketones is 1. The zero-order chi connectivity index (χ0) is 13.8. The van der Waals surface area contributed by atoms with Crippen LogP contribution in [0, 0.1) is 11.3 Å². The molecule has 0 bridgehead atoms. The number of rotatable bonds is 3. The van der Waals surface area contributed by atoms with Crippen LogP contribution in [0.1, 0.15) is 31.2 Å². The van der Waals surface area contributed by atoms with Gasteiger partial charge in [-0.25, -0.2) is 0 Å². The van der Waals surface area contributed by atoms with Gasteiger partial charge in [0.15, 0.2) is 0 Å². The minimum Gasteiger partial charge on any atom is -0.370 e. The van der Waals surface area contributed by atoms with Gasteiger partial charge in [-0.05, 0) is 31.2 Å². The van der Waals surface area contributed by atoms with Crippen molar-refractivity contribution in [2.45, 2.75) is 36.6 Å². The summed E-state index contributed by atoms with van der Waals surface area (Å²) in [4.78, 5) is 14.5. The zero-order valence-electron chi connectivity index (χ0n) is 11.3. The molecule has 0 N–H and O–H groups in total. The van der Waals surface area contributed by atoms with Crippen LogP contribution in [0.2, 0.25) is 0 Å². The van der Waals surface area contributed by atoms with Gasteiger partial charge in [-0.3, -0.25) is 4.79 Å². The maximum atomic E-state index is 11.3. The first kappa shape index (κ1) is 14.0. The summed E-state index contributed by atoms with van der Waals surface area (Å²) in [6.07, 6.45) is 5.10. The van der Waals surface area contributed by atoms with Gasteiger partial charge in [0.25, 0.3) is 0 Å². The zero-order valence-corrected chi connectivity index (χ0v) is 12.2. The fourth-order valence-electron chi connectivity index (χ4n) is 2.60. The number of thioether (sulfide) groups is 1. The maximum absolute atomic E-state index is 11.3. The summed E-state index contributed by atoms with van der Waals surface area (Å²) in [7, 11) is 2.03. The van der Waals surface area contributed by atoms with Crippen molar-refractivity contribution in [2.24, 2.45) is 0 Å². The lowest BCUT2D eigenvalue weighted by Gasteiger charge is -2.33. The van der Waals surface area contributed by atoms with Crippen LogP contribution in [0.5, 0.6) is 0 Å². The quantitative estimate of drug-likeness (QED) is 0.794. The summed E-state index contributed by atoms with van der Waals surface area (Å²) < 4.78 is 0. The van der Waals surface area contributed by atoms with Gasteiger partial charge < -0.3 is 4.90 Å². The molecule has 1 aliphatic carbocycles. The molecule has 0 heterocycles. The molecule has 100 valence electrons. The number of hydrogen-bond donors (Lipinski definition) is 0. The van der Waals surface area contributed by atoms with Crippen LogP contribution < -0.4 is 4.90 Å². The first-order valence-electron chi connectivity index (χ1n) is 6.49. The summed E-state index contributed by atoms with van der Waals surface area (Å²) in [6.45, 7) is 0. The lowest BCUT2D eigenvalue weighted by molar-refractivity contribution is -0.120. The molecule has 1 fully saturated rings. The Morgan fingerprint density at radius 3 is 2.63 bits per heavy atom. The minimum absolute atomic E-state index is 0.363. The Hall–Kier alpha value is -1.47. The molecule has 0 saturated heterocycles. The highest BCUT2D eigenvalue weighted by Gasteiger charge is 2.24. The van der Waals surface area contributed by atoms with Gasteiger partial charge in [0, 0.05) is 30.8 Å². The van der Waals surface area contributed by atoms with Gasteiger partial charge in [-0.2, -0.15) is 5.26 Å². The second-order valence-corrected chi connectivity index (χ2v) is 5.70. The Kier molecular flexibility index (Phi) is 4.49. The Labute approximate surface area is 118 Å². The van der Waals surface area contributed by atoms with Crippen LogP contribution in [0.3, 0.4) is 0 Å². The normalized spacial score (nSPS) is 16.2. The molecule has 2 rings (SSSR count). The highest BCUT2D eigenvalue weighted by atomic mass is 32.2. The van der Waals surface area contributed by atoms with Crippen LogP contribution in [0.25, 0.3) is 0 Å². The van der Waals surface area contributed by atoms with Crippen molar-refractivity contribution in [3.05, 3.63) is 23.8 Å². The van der Waals surface area contributed by atoms with E-state index in [1.165, 1.54) is 0 Å². The monoisotopic (exact) mass is 274 g/mol. The van der Waals surface area contributed by atoms with Crippen molar-refractivity contribution in [1.29, 1.82) is 5.26 Å². The van der Waals surface area contributed by atoms with E-state index in [0.29, 0.717) is 24.7 Å². The van der Waals surface area contributed by atoms with E-state index in [1.807, 2.05) is 31.5 Å². The maximum Gasteiger partial charge on any atom is 0.133 e. The van der Waals surface area contributed by atoms with Crippen molar-refractivity contribution >= 4 is 23.2 Å². The van der Waals surface area contributed by atoms with Crippen LogP contribution in [0.4, 0.5) is 5.69 Å². The molecular formula is C15H18N2OS. The number of nitrogens with zero attached hydrogens (tertiary/aromatic N) is 2. The van der Waals surface area contributed by atoms with E-state index in [9.17, 15) is 10.1 Å². The minimum atomic E-state index is 0.363. The Balaban J connectivity index is 2.26. The third-order valence-corrected chi connectivity index (χ3v) is 4.56. The van der Waals surface area contributed by atoms with Crippen LogP contribution in [-0.2, 0) is 4.79 Å². The predicted octanol–water partition coefficient (Wildman–Crippen LogP) is 3.23. The molecule has 1 aromatic rings. The number of carbonyl (C=O) groups is 1. The molecule has 3 nitrogen and oxygen atoms in total. The average molecular weight is 274 g/mol. The van der Waals surface area contributed by atoms with Crippen molar-refractivity contribution in [3.8, 4) is 6.07 Å². The van der Waals surface area contributed by atoms with E-state index in [2.05, 4.69) is 11.0 Å². The first-order valence-corrected chi connectivity index (χ1v) is 7.71. The van der Waals surface area contributed by atoms with Crippen molar-refractivity contribution in [1.82, 2.24) is 0 Å². The molecule has 0 aliphatic heterocycles. The molecule has 0 unspecified atom stereocenters. The van der Waals surface area contributed by atoms with Crippen molar-refractivity contribution < 1.29 is 4.79 Å². The fraction of sp³-hybridized carbons (Fsp3) is 0.467. The summed E-state index contributed by atoms with van der Waals surface area (Å²) in [5, 5.41) is 9.38. The largest absolute Gasteiger partial charge is 0.370 e. The predicted molar refractivity (Wildman–Crippen MR) is 78.6 cm³/mol. The third kappa shape index (κ3) is 2.93. The molecular weight excluding hydrogens is 256 g/mol. The molecule has 0 aromatic heterocycles. The number of hydrogen-bond acceptors (Lipinski definition) is 4. The molecule has 4 heteroatoms. The number of Topliss-reactive ketones (excluding diaryl/α,β-unsaturated/α-hetero) is 1. The SMILES string of the molecule is CSc1cccc(N(C)C2CCC(=O)CC2)c1C#N. The smallest absolute Gasteiger partial charge is 0.133 e. The molecule has 0 spiro atoms. The topological polar surface area (TPSA) is 44.1 Å².